The van der Waals surface area contributed by atoms with Crippen LogP contribution in [0.25, 0.3) is 0 Å². The van der Waals surface area contributed by atoms with Gasteiger partial charge in [-0.1, -0.05) is 17.7 Å². The lowest BCUT2D eigenvalue weighted by molar-refractivity contribution is -0.137. The van der Waals surface area contributed by atoms with Crippen LogP contribution in [-0.2, 0) is 4.79 Å². The number of likely N-dealkylation sites (N-methyl/N-ethyl adjacent to an activating group) is 1. The molecule has 80 valence electrons. The van der Waals surface area contributed by atoms with Crippen molar-refractivity contribution in [2.75, 3.05) is 13.6 Å². The van der Waals surface area contributed by atoms with Crippen molar-refractivity contribution in [1.29, 1.82) is 0 Å². The van der Waals surface area contributed by atoms with Gasteiger partial charge < -0.3 is 10.0 Å². The first-order valence-corrected chi connectivity index (χ1v) is 4.54. The number of rotatable bonds is 3. The molecule has 4 nitrogen and oxygen atoms in total. The molecule has 0 spiro atoms. The summed E-state index contributed by atoms with van der Waals surface area (Å²) in [5.74, 6) is -1.29. The summed E-state index contributed by atoms with van der Waals surface area (Å²) in [4.78, 5) is 23.3. The number of carbonyl (C=O) groups is 2. The fraction of sp³-hybridized carbons (Fsp3) is 0.273. The number of carboxylic acids is 1. The molecule has 0 radical (unpaired) electrons. The van der Waals surface area contributed by atoms with E-state index in [0.717, 1.165) is 5.56 Å². The zero-order chi connectivity index (χ0) is 11.4. The fourth-order valence-electron chi connectivity index (χ4n) is 1.27. The van der Waals surface area contributed by atoms with Gasteiger partial charge in [-0.15, -0.1) is 0 Å². The summed E-state index contributed by atoms with van der Waals surface area (Å²) in [6.07, 6.45) is 0. The maximum atomic E-state index is 11.7. The predicted octanol–water partition coefficient (Wildman–Crippen LogP) is 1.15. The Morgan fingerprint density at radius 2 is 2.07 bits per heavy atom. The summed E-state index contributed by atoms with van der Waals surface area (Å²) in [5.41, 5.74) is 1.49. The van der Waals surface area contributed by atoms with Crippen LogP contribution in [-0.4, -0.2) is 35.5 Å². The molecule has 1 amide bonds. The van der Waals surface area contributed by atoms with Gasteiger partial charge in [0.2, 0.25) is 0 Å². The minimum atomic E-state index is -1.02. The third kappa shape index (κ3) is 3.09. The lowest BCUT2D eigenvalue weighted by Crippen LogP contribution is -2.31. The second kappa shape index (κ2) is 4.59. The number of carbonyl (C=O) groups excluding carboxylic acids is 1. The average Bonchev–Trinajstić information content (AvgIpc) is 2.15. The van der Waals surface area contributed by atoms with Crippen molar-refractivity contribution in [2.45, 2.75) is 6.92 Å². The number of nitrogens with zero attached hydrogens (tertiary/aromatic N) is 1. The van der Waals surface area contributed by atoms with Crippen molar-refractivity contribution in [1.82, 2.24) is 4.90 Å². The van der Waals surface area contributed by atoms with Gasteiger partial charge in [0.15, 0.2) is 0 Å². The highest BCUT2D eigenvalue weighted by molar-refractivity contribution is 5.95. The van der Waals surface area contributed by atoms with Crippen LogP contribution in [0.4, 0.5) is 0 Å². The minimum Gasteiger partial charge on any atom is -0.480 e. The molecule has 4 heteroatoms. The van der Waals surface area contributed by atoms with Gasteiger partial charge in [0.1, 0.15) is 6.54 Å². The molecule has 0 saturated heterocycles. The van der Waals surface area contributed by atoms with Gasteiger partial charge in [0, 0.05) is 12.6 Å². The van der Waals surface area contributed by atoms with E-state index in [1.807, 2.05) is 13.0 Å². The first-order valence-electron chi connectivity index (χ1n) is 4.54. The zero-order valence-electron chi connectivity index (χ0n) is 8.73. The monoisotopic (exact) mass is 207 g/mol. The van der Waals surface area contributed by atoms with E-state index in [1.54, 1.807) is 18.2 Å². The SMILES string of the molecule is Cc1cccc(C(=O)N(C)CC(=O)O)c1. The van der Waals surface area contributed by atoms with Crippen molar-refractivity contribution >= 4 is 11.9 Å². The lowest BCUT2D eigenvalue weighted by atomic mass is 10.1. The van der Waals surface area contributed by atoms with Crippen LogP contribution in [0.3, 0.4) is 0 Å². The summed E-state index contributed by atoms with van der Waals surface area (Å²) in [7, 11) is 1.47. The van der Waals surface area contributed by atoms with E-state index in [1.165, 1.54) is 11.9 Å². The first kappa shape index (κ1) is 11.2. The smallest absolute Gasteiger partial charge is 0.323 e. The van der Waals surface area contributed by atoms with Crippen molar-refractivity contribution in [3.63, 3.8) is 0 Å². The first-order chi connectivity index (χ1) is 7.00. The quantitative estimate of drug-likeness (QED) is 0.808. The van der Waals surface area contributed by atoms with Crippen molar-refractivity contribution in [3.05, 3.63) is 35.4 Å². The third-order valence-corrected chi connectivity index (χ3v) is 1.98. The fourth-order valence-corrected chi connectivity index (χ4v) is 1.27. The molecular formula is C11H13NO3. The Balaban J connectivity index is 2.80. The summed E-state index contributed by atoms with van der Waals surface area (Å²) in [6, 6.07) is 7.07. The number of aliphatic carboxylic acids is 1. The van der Waals surface area contributed by atoms with E-state index in [4.69, 9.17) is 5.11 Å². The molecule has 1 aromatic rings. The summed E-state index contributed by atoms with van der Waals surface area (Å²) in [5, 5.41) is 8.54. The number of hydrogen-bond acceptors (Lipinski definition) is 2. The van der Waals surface area contributed by atoms with E-state index in [-0.39, 0.29) is 12.5 Å². The Bertz CT molecular complexity index is 387. The molecule has 0 aliphatic heterocycles. The van der Waals surface area contributed by atoms with Gasteiger partial charge >= 0.3 is 5.97 Å². The highest BCUT2D eigenvalue weighted by Gasteiger charge is 2.13. The van der Waals surface area contributed by atoms with Gasteiger partial charge in [0.25, 0.3) is 5.91 Å². The van der Waals surface area contributed by atoms with Gasteiger partial charge in [-0.05, 0) is 19.1 Å². The zero-order valence-corrected chi connectivity index (χ0v) is 8.73. The molecule has 0 aliphatic rings. The van der Waals surface area contributed by atoms with Crippen molar-refractivity contribution in [2.24, 2.45) is 0 Å². The molecule has 0 aliphatic carbocycles. The molecule has 0 unspecified atom stereocenters. The highest BCUT2D eigenvalue weighted by Crippen LogP contribution is 2.06. The van der Waals surface area contributed by atoms with Crippen molar-refractivity contribution < 1.29 is 14.7 Å². The molecule has 0 saturated carbocycles. The van der Waals surface area contributed by atoms with Gasteiger partial charge in [-0.25, -0.2) is 0 Å². The maximum Gasteiger partial charge on any atom is 0.323 e. The van der Waals surface area contributed by atoms with E-state index in [9.17, 15) is 9.59 Å². The van der Waals surface area contributed by atoms with Crippen LogP contribution in [0.15, 0.2) is 24.3 Å². The number of amides is 1. The predicted molar refractivity (Wildman–Crippen MR) is 55.8 cm³/mol. The Hall–Kier alpha value is -1.84. The molecule has 0 fully saturated rings. The molecule has 0 aromatic heterocycles. The molecular weight excluding hydrogens is 194 g/mol. The number of hydrogen-bond donors (Lipinski definition) is 1. The normalized spacial score (nSPS) is 9.73. The topological polar surface area (TPSA) is 57.6 Å². The summed E-state index contributed by atoms with van der Waals surface area (Å²) >= 11 is 0. The second-order valence-corrected chi connectivity index (χ2v) is 3.42. The summed E-state index contributed by atoms with van der Waals surface area (Å²) < 4.78 is 0. The molecule has 1 N–H and O–H groups in total. The van der Waals surface area contributed by atoms with Gasteiger partial charge in [-0.2, -0.15) is 0 Å². The number of benzene rings is 1. The molecule has 0 atom stereocenters. The van der Waals surface area contributed by atoms with Crippen LogP contribution in [0, 0.1) is 6.92 Å². The Morgan fingerprint density at radius 3 is 2.60 bits per heavy atom. The Morgan fingerprint density at radius 1 is 1.40 bits per heavy atom. The molecule has 0 heterocycles. The van der Waals surface area contributed by atoms with Crippen LogP contribution >= 0.6 is 0 Å². The molecule has 0 bridgehead atoms. The standard InChI is InChI=1S/C11H13NO3/c1-8-4-3-5-9(6-8)11(15)12(2)7-10(13)14/h3-6H,7H2,1-2H3,(H,13,14). The highest BCUT2D eigenvalue weighted by atomic mass is 16.4. The van der Waals surface area contributed by atoms with Gasteiger partial charge in [0.05, 0.1) is 0 Å². The van der Waals surface area contributed by atoms with Crippen LogP contribution in [0.5, 0.6) is 0 Å². The maximum absolute atomic E-state index is 11.7. The number of aryl methyl sites for hydroxylation is 1. The average molecular weight is 207 g/mol. The minimum absolute atomic E-state index is 0.277. The molecule has 1 aromatic carbocycles. The van der Waals surface area contributed by atoms with E-state index < -0.39 is 5.97 Å². The van der Waals surface area contributed by atoms with E-state index >= 15 is 0 Å². The summed E-state index contributed by atoms with van der Waals surface area (Å²) in [6.45, 7) is 1.60. The Kier molecular flexibility index (Phi) is 3.44. The second-order valence-electron chi connectivity index (χ2n) is 3.42. The van der Waals surface area contributed by atoms with Crippen LogP contribution in [0.1, 0.15) is 15.9 Å². The lowest BCUT2D eigenvalue weighted by Gasteiger charge is -2.14. The molecule has 1 rings (SSSR count). The van der Waals surface area contributed by atoms with E-state index in [2.05, 4.69) is 0 Å². The third-order valence-electron chi connectivity index (χ3n) is 1.98. The van der Waals surface area contributed by atoms with E-state index in [0.29, 0.717) is 5.56 Å². The Labute approximate surface area is 88.1 Å². The number of carboxylic acid groups (broad SMARTS) is 1. The van der Waals surface area contributed by atoms with Crippen molar-refractivity contribution in [3.8, 4) is 0 Å². The van der Waals surface area contributed by atoms with Crippen LogP contribution in [0.2, 0.25) is 0 Å². The van der Waals surface area contributed by atoms with Crippen LogP contribution < -0.4 is 0 Å². The van der Waals surface area contributed by atoms with Gasteiger partial charge in [-0.3, -0.25) is 9.59 Å². The molecule has 15 heavy (non-hydrogen) atoms. The largest absolute Gasteiger partial charge is 0.480 e.